The molecule has 5 nitrogen and oxygen atoms in total. The summed E-state index contributed by atoms with van der Waals surface area (Å²) in [5.41, 5.74) is 1.72. The van der Waals surface area contributed by atoms with Crippen LogP contribution in [0.25, 0.3) is 0 Å². The van der Waals surface area contributed by atoms with E-state index in [2.05, 4.69) is 5.32 Å². The minimum absolute atomic E-state index is 0.183. The number of hydrogen-bond acceptors (Lipinski definition) is 3. The van der Waals surface area contributed by atoms with Gasteiger partial charge in [0.05, 0.1) is 11.4 Å². The van der Waals surface area contributed by atoms with E-state index in [1.165, 1.54) is 26.8 Å². The van der Waals surface area contributed by atoms with E-state index in [1.54, 1.807) is 24.3 Å². The van der Waals surface area contributed by atoms with Gasteiger partial charge in [-0.3, -0.25) is 0 Å². The third kappa shape index (κ3) is 3.15. The summed E-state index contributed by atoms with van der Waals surface area (Å²) in [5, 5.41) is 3.01. The summed E-state index contributed by atoms with van der Waals surface area (Å²) in [5.74, 6) is -0.365. The molecule has 128 valence electrons. The van der Waals surface area contributed by atoms with Crippen LogP contribution in [-0.4, -0.2) is 32.9 Å². The van der Waals surface area contributed by atoms with Crippen molar-refractivity contribution in [2.75, 3.05) is 24.4 Å². The molecule has 0 amide bonds. The summed E-state index contributed by atoms with van der Waals surface area (Å²) in [6.45, 7) is 1.28. The van der Waals surface area contributed by atoms with Crippen LogP contribution in [0.2, 0.25) is 0 Å². The molecule has 1 aliphatic rings. The molecule has 2 aromatic rings. The highest BCUT2D eigenvalue weighted by Crippen LogP contribution is 2.38. The van der Waals surface area contributed by atoms with E-state index in [1.807, 2.05) is 13.1 Å². The van der Waals surface area contributed by atoms with Crippen molar-refractivity contribution in [2.24, 2.45) is 0 Å². The Morgan fingerprint density at radius 2 is 1.92 bits per heavy atom. The number of fused-ring (bicyclic) bond motifs is 1. The predicted molar refractivity (Wildman–Crippen MR) is 92.9 cm³/mol. The topological polar surface area (TPSA) is 52.6 Å². The molecular weight excluding hydrogens is 329 g/mol. The van der Waals surface area contributed by atoms with Crippen molar-refractivity contribution in [3.05, 3.63) is 59.9 Å². The van der Waals surface area contributed by atoms with Crippen LogP contribution in [0.4, 0.5) is 15.8 Å². The normalized spacial score (nSPS) is 16.8. The van der Waals surface area contributed by atoms with Crippen LogP contribution in [0.3, 0.4) is 0 Å². The van der Waals surface area contributed by atoms with Gasteiger partial charge in [0.2, 0.25) is 0 Å². The minimum atomic E-state index is -3.71. The lowest BCUT2D eigenvalue weighted by Gasteiger charge is -2.37. The van der Waals surface area contributed by atoms with Crippen molar-refractivity contribution >= 4 is 21.6 Å². The summed E-state index contributed by atoms with van der Waals surface area (Å²) in [7, 11) is -1.88. The molecule has 0 saturated carbocycles. The van der Waals surface area contributed by atoms with Crippen molar-refractivity contribution in [2.45, 2.75) is 13.0 Å². The number of nitrogens with zero attached hydrogens (tertiary/aromatic N) is 2. The highest BCUT2D eigenvalue weighted by atomic mass is 32.2. The Bertz CT molecular complexity index is 812. The molecular formula is C17H20FN3O2S. The highest BCUT2D eigenvalue weighted by Gasteiger charge is 2.37. The Labute approximate surface area is 141 Å². The van der Waals surface area contributed by atoms with E-state index in [9.17, 15) is 12.8 Å². The van der Waals surface area contributed by atoms with Gasteiger partial charge in [-0.1, -0.05) is 18.2 Å². The summed E-state index contributed by atoms with van der Waals surface area (Å²) < 4.78 is 42.5. The number of para-hydroxylation sites is 1. The second-order valence-corrected chi connectivity index (χ2v) is 7.45. The van der Waals surface area contributed by atoms with Gasteiger partial charge in [-0.05, 0) is 55.9 Å². The van der Waals surface area contributed by atoms with Crippen molar-refractivity contribution in [3.63, 3.8) is 0 Å². The zero-order chi connectivity index (χ0) is 17.2. The number of anilines is 2. The predicted octanol–water partition coefficient (Wildman–Crippen LogP) is 2.63. The zero-order valence-electron chi connectivity index (χ0n) is 13.4. The van der Waals surface area contributed by atoms with Crippen molar-refractivity contribution in [1.29, 1.82) is 0 Å². The van der Waals surface area contributed by atoms with Gasteiger partial charge in [0, 0.05) is 13.1 Å². The summed E-state index contributed by atoms with van der Waals surface area (Å²) in [4.78, 5) is 0. The average Bonchev–Trinajstić information content (AvgIpc) is 2.56. The second kappa shape index (κ2) is 6.88. The third-order valence-corrected chi connectivity index (χ3v) is 5.82. The Morgan fingerprint density at radius 3 is 2.62 bits per heavy atom. The molecule has 0 bridgehead atoms. The fourth-order valence-electron chi connectivity index (χ4n) is 2.85. The van der Waals surface area contributed by atoms with E-state index in [0.717, 1.165) is 0 Å². The maximum atomic E-state index is 13.7. The summed E-state index contributed by atoms with van der Waals surface area (Å²) >= 11 is 0. The van der Waals surface area contributed by atoms with Crippen LogP contribution in [-0.2, 0) is 16.8 Å². The molecule has 0 atom stereocenters. The molecule has 0 fully saturated rings. The van der Waals surface area contributed by atoms with E-state index in [-0.39, 0.29) is 12.4 Å². The fourth-order valence-corrected chi connectivity index (χ4v) is 4.56. The zero-order valence-corrected chi connectivity index (χ0v) is 14.3. The first-order chi connectivity index (χ1) is 11.5. The van der Waals surface area contributed by atoms with Gasteiger partial charge in [-0.15, -0.1) is 0 Å². The van der Waals surface area contributed by atoms with Gasteiger partial charge in [-0.2, -0.15) is 12.7 Å². The molecule has 24 heavy (non-hydrogen) atoms. The van der Waals surface area contributed by atoms with Crippen molar-refractivity contribution < 1.29 is 12.8 Å². The lowest BCUT2D eigenvalue weighted by molar-refractivity contribution is 0.391. The molecule has 0 aliphatic carbocycles. The lowest BCUT2D eigenvalue weighted by atomic mass is 10.1. The molecule has 0 spiro atoms. The molecule has 0 unspecified atom stereocenters. The quantitative estimate of drug-likeness (QED) is 0.845. The summed E-state index contributed by atoms with van der Waals surface area (Å²) in [6, 6.07) is 13.1. The Kier molecular flexibility index (Phi) is 4.84. The molecule has 0 radical (unpaired) electrons. The van der Waals surface area contributed by atoms with E-state index >= 15 is 0 Å². The first kappa shape index (κ1) is 16.9. The van der Waals surface area contributed by atoms with Crippen LogP contribution in [0.15, 0.2) is 48.5 Å². The monoisotopic (exact) mass is 349 g/mol. The maximum absolute atomic E-state index is 13.7. The number of benzene rings is 2. The standard InChI is InChI=1S/C17H20FN3O2S/c1-19-10-5-11-20-13-14-12-15(18)8-9-17(14)21(24(20,22)23)16-6-3-2-4-7-16/h2-4,6-9,12,19H,5,10-11,13H2,1H3. The number of halogens is 1. The van der Waals surface area contributed by atoms with Gasteiger partial charge < -0.3 is 5.32 Å². The highest BCUT2D eigenvalue weighted by molar-refractivity contribution is 7.90. The van der Waals surface area contributed by atoms with Crippen LogP contribution < -0.4 is 9.62 Å². The van der Waals surface area contributed by atoms with E-state index < -0.39 is 10.2 Å². The molecule has 0 aromatic heterocycles. The largest absolute Gasteiger partial charge is 0.320 e. The molecule has 7 heteroatoms. The molecule has 1 aliphatic heterocycles. The molecule has 3 rings (SSSR count). The smallest absolute Gasteiger partial charge is 0.308 e. The number of hydrogen-bond donors (Lipinski definition) is 1. The first-order valence-corrected chi connectivity index (χ1v) is 9.22. The van der Waals surface area contributed by atoms with Crippen LogP contribution in [0.5, 0.6) is 0 Å². The van der Waals surface area contributed by atoms with Crippen LogP contribution >= 0.6 is 0 Å². The average molecular weight is 349 g/mol. The Balaban J connectivity index is 2.07. The van der Waals surface area contributed by atoms with Crippen molar-refractivity contribution in [3.8, 4) is 0 Å². The lowest BCUT2D eigenvalue weighted by Crippen LogP contribution is -2.46. The van der Waals surface area contributed by atoms with Gasteiger partial charge in [0.1, 0.15) is 5.82 Å². The fraction of sp³-hybridized carbons (Fsp3) is 0.294. The second-order valence-electron chi connectivity index (χ2n) is 5.67. The number of rotatable bonds is 5. The van der Waals surface area contributed by atoms with Gasteiger partial charge in [0.25, 0.3) is 0 Å². The Morgan fingerprint density at radius 1 is 1.17 bits per heavy atom. The van der Waals surface area contributed by atoms with Gasteiger partial charge in [-0.25, -0.2) is 8.70 Å². The van der Waals surface area contributed by atoms with Crippen LogP contribution in [0.1, 0.15) is 12.0 Å². The molecule has 0 saturated heterocycles. The SMILES string of the molecule is CNCCCN1Cc2cc(F)ccc2N(c2ccccc2)S1(=O)=O. The molecule has 1 heterocycles. The van der Waals surface area contributed by atoms with Crippen LogP contribution in [0, 0.1) is 5.82 Å². The minimum Gasteiger partial charge on any atom is -0.320 e. The third-order valence-electron chi connectivity index (χ3n) is 3.99. The number of nitrogens with one attached hydrogen (secondary N) is 1. The van der Waals surface area contributed by atoms with Gasteiger partial charge >= 0.3 is 10.2 Å². The van der Waals surface area contributed by atoms with Gasteiger partial charge in [0.15, 0.2) is 0 Å². The first-order valence-electron chi connectivity index (χ1n) is 7.82. The maximum Gasteiger partial charge on any atom is 0.308 e. The van der Waals surface area contributed by atoms with E-state index in [0.29, 0.717) is 36.4 Å². The summed E-state index contributed by atoms with van der Waals surface area (Å²) in [6.07, 6.45) is 0.684. The Hall–Kier alpha value is -1.96. The van der Waals surface area contributed by atoms with E-state index in [4.69, 9.17) is 0 Å². The molecule has 2 aromatic carbocycles. The van der Waals surface area contributed by atoms with Crippen molar-refractivity contribution in [1.82, 2.24) is 9.62 Å². The molecule has 1 N–H and O–H groups in total.